The lowest BCUT2D eigenvalue weighted by molar-refractivity contribution is -0.150. The summed E-state index contributed by atoms with van der Waals surface area (Å²) >= 11 is 5.97. The number of halogens is 3. The molecule has 0 saturated carbocycles. The van der Waals surface area contributed by atoms with E-state index in [1.54, 1.807) is 24.3 Å². The zero-order valence-corrected chi connectivity index (χ0v) is 19.5. The Morgan fingerprint density at radius 1 is 1.18 bits per heavy atom. The van der Waals surface area contributed by atoms with E-state index in [1.165, 1.54) is 24.0 Å². The summed E-state index contributed by atoms with van der Waals surface area (Å²) in [5.74, 6) is -4.04. The van der Waals surface area contributed by atoms with Gasteiger partial charge in [-0.2, -0.15) is 4.72 Å². The van der Waals surface area contributed by atoms with Crippen LogP contribution in [0.15, 0.2) is 41.3 Å². The van der Waals surface area contributed by atoms with Crippen LogP contribution < -0.4 is 4.72 Å². The number of nitrogens with zero attached hydrogens (tertiary/aromatic N) is 2. The van der Waals surface area contributed by atoms with Crippen molar-refractivity contribution < 1.29 is 26.8 Å². The molecule has 2 atom stereocenters. The van der Waals surface area contributed by atoms with Gasteiger partial charge in [0.2, 0.25) is 21.8 Å². The minimum Gasteiger partial charge on any atom is -0.335 e. The number of alkyl halides is 2. The average molecular weight is 500 g/mol. The molecule has 33 heavy (non-hydrogen) atoms. The van der Waals surface area contributed by atoms with Crippen molar-refractivity contribution >= 4 is 44.2 Å². The zero-order chi connectivity index (χ0) is 24.0. The van der Waals surface area contributed by atoms with Crippen molar-refractivity contribution in [3.8, 4) is 0 Å². The van der Waals surface area contributed by atoms with Gasteiger partial charge in [0.1, 0.15) is 12.1 Å². The van der Waals surface area contributed by atoms with Gasteiger partial charge < -0.3 is 9.80 Å². The van der Waals surface area contributed by atoms with Gasteiger partial charge in [0.15, 0.2) is 0 Å². The third kappa shape index (κ3) is 4.97. The van der Waals surface area contributed by atoms with Crippen molar-refractivity contribution in [1.82, 2.24) is 14.5 Å². The maximum atomic E-state index is 13.7. The van der Waals surface area contributed by atoms with Crippen molar-refractivity contribution in [2.45, 2.75) is 49.1 Å². The van der Waals surface area contributed by atoms with E-state index in [1.807, 2.05) is 0 Å². The molecule has 4 rings (SSSR count). The van der Waals surface area contributed by atoms with Gasteiger partial charge in [-0.1, -0.05) is 23.7 Å². The quantitative estimate of drug-likeness (QED) is 0.685. The number of hydrogen-bond donors (Lipinski definition) is 1. The number of piperidine rings is 1. The monoisotopic (exact) mass is 499 g/mol. The number of hydrogen-bond acceptors (Lipinski definition) is 4. The van der Waals surface area contributed by atoms with Crippen molar-refractivity contribution in [3.05, 3.63) is 41.4 Å². The number of carbonyl (C=O) groups excluding carboxylic acids is 2. The Morgan fingerprint density at radius 2 is 1.88 bits per heavy atom. The minimum atomic E-state index is -4.01. The first-order valence-corrected chi connectivity index (χ1v) is 12.5. The Bertz CT molecular complexity index is 1210. The van der Waals surface area contributed by atoms with Crippen LogP contribution in [0.25, 0.3) is 10.8 Å². The number of carbonyl (C=O) groups is 2. The van der Waals surface area contributed by atoms with Crippen LogP contribution in [-0.2, 0) is 19.6 Å². The molecule has 1 N–H and O–H groups in total. The lowest BCUT2D eigenvalue weighted by Gasteiger charge is -2.36. The molecule has 2 aromatic rings. The van der Waals surface area contributed by atoms with Crippen molar-refractivity contribution in [2.24, 2.45) is 0 Å². The fourth-order valence-electron chi connectivity index (χ4n) is 4.36. The highest BCUT2D eigenvalue weighted by atomic mass is 35.5. The highest BCUT2D eigenvalue weighted by Crippen LogP contribution is 2.28. The molecule has 11 heteroatoms. The van der Waals surface area contributed by atoms with Crippen LogP contribution in [0.1, 0.15) is 26.2 Å². The SMILES string of the molecule is CC(C(=O)N1CCCC(F)(F)C1)N1CCC(NS(=O)(=O)c2ccc3cc(Cl)ccc3c2)C1=O. The molecule has 0 radical (unpaired) electrons. The van der Waals surface area contributed by atoms with Crippen molar-refractivity contribution in [2.75, 3.05) is 19.6 Å². The molecule has 2 aliphatic heterocycles. The van der Waals surface area contributed by atoms with Gasteiger partial charge in [-0.05, 0) is 54.8 Å². The number of rotatable bonds is 5. The second-order valence-corrected chi connectivity index (χ2v) is 10.7. The molecule has 2 heterocycles. The van der Waals surface area contributed by atoms with Crippen LogP contribution in [0.5, 0.6) is 0 Å². The molecule has 0 spiro atoms. The second-order valence-electron chi connectivity index (χ2n) is 8.54. The van der Waals surface area contributed by atoms with E-state index in [9.17, 15) is 26.8 Å². The number of sulfonamides is 1. The molecule has 0 aliphatic carbocycles. The van der Waals surface area contributed by atoms with Gasteiger partial charge in [-0.15, -0.1) is 0 Å². The van der Waals surface area contributed by atoms with Crippen molar-refractivity contribution in [3.63, 3.8) is 0 Å². The van der Waals surface area contributed by atoms with Gasteiger partial charge in [-0.3, -0.25) is 9.59 Å². The fraction of sp³-hybridized carbons (Fsp3) is 0.455. The summed E-state index contributed by atoms with van der Waals surface area (Å²) < 4.78 is 55.6. The molecule has 0 aromatic heterocycles. The number of amides is 2. The van der Waals surface area contributed by atoms with E-state index in [0.717, 1.165) is 10.3 Å². The summed E-state index contributed by atoms with van der Waals surface area (Å²) in [5, 5.41) is 1.99. The molecule has 178 valence electrons. The summed E-state index contributed by atoms with van der Waals surface area (Å²) in [4.78, 5) is 28.0. The van der Waals surface area contributed by atoms with Crippen LogP contribution >= 0.6 is 11.6 Å². The maximum absolute atomic E-state index is 13.7. The summed E-state index contributed by atoms with van der Waals surface area (Å²) in [6, 6.07) is 7.65. The molecule has 2 unspecified atom stereocenters. The molecule has 2 aromatic carbocycles. The standard InChI is InChI=1S/C22H24ClF2N3O4S/c1-14(20(29)27-9-2-8-22(24,25)13-27)28-10-7-19(21(28)30)26-33(31,32)18-6-4-15-11-17(23)5-3-16(15)12-18/h3-6,11-12,14,19,26H,2,7-10,13H2,1H3. The molecule has 2 aliphatic rings. The van der Waals surface area contributed by atoms with E-state index >= 15 is 0 Å². The number of fused-ring (bicyclic) bond motifs is 1. The highest BCUT2D eigenvalue weighted by molar-refractivity contribution is 7.89. The molecule has 2 amide bonds. The largest absolute Gasteiger partial charge is 0.335 e. The number of likely N-dealkylation sites (tertiary alicyclic amines) is 2. The van der Waals surface area contributed by atoms with Crippen molar-refractivity contribution in [1.29, 1.82) is 0 Å². The van der Waals surface area contributed by atoms with E-state index in [0.29, 0.717) is 10.4 Å². The Hall–Kier alpha value is -2.30. The van der Waals surface area contributed by atoms with Gasteiger partial charge in [0.05, 0.1) is 11.4 Å². The summed E-state index contributed by atoms with van der Waals surface area (Å²) in [5.41, 5.74) is 0. The lowest BCUT2D eigenvalue weighted by Crippen LogP contribution is -2.54. The average Bonchev–Trinajstić information content (AvgIpc) is 3.11. The van der Waals surface area contributed by atoms with Gasteiger partial charge >= 0.3 is 0 Å². The minimum absolute atomic E-state index is 0.00301. The summed E-state index contributed by atoms with van der Waals surface area (Å²) in [6.07, 6.45) is 0.105. The van der Waals surface area contributed by atoms with Crippen LogP contribution in [-0.4, -0.2) is 67.7 Å². The van der Waals surface area contributed by atoms with Crippen LogP contribution in [0.4, 0.5) is 8.78 Å². The maximum Gasteiger partial charge on any atom is 0.265 e. The Kier molecular flexibility index (Phi) is 6.36. The van der Waals surface area contributed by atoms with Crippen LogP contribution in [0.3, 0.4) is 0 Å². The van der Waals surface area contributed by atoms with Gasteiger partial charge in [0, 0.05) is 24.5 Å². The van der Waals surface area contributed by atoms with E-state index in [-0.39, 0.29) is 37.2 Å². The topological polar surface area (TPSA) is 86.8 Å². The zero-order valence-electron chi connectivity index (χ0n) is 17.9. The predicted octanol–water partition coefficient (Wildman–Crippen LogP) is 3.02. The van der Waals surface area contributed by atoms with E-state index < -0.39 is 46.4 Å². The van der Waals surface area contributed by atoms with Crippen LogP contribution in [0, 0.1) is 0 Å². The Morgan fingerprint density at radius 3 is 2.61 bits per heavy atom. The Labute approximate surface area is 195 Å². The molecule has 7 nitrogen and oxygen atoms in total. The third-order valence-corrected chi connectivity index (χ3v) is 7.86. The third-order valence-electron chi connectivity index (χ3n) is 6.15. The van der Waals surface area contributed by atoms with Crippen LogP contribution in [0.2, 0.25) is 5.02 Å². The molecule has 2 saturated heterocycles. The Balaban J connectivity index is 1.45. The first-order chi connectivity index (χ1) is 15.5. The predicted molar refractivity (Wildman–Crippen MR) is 120 cm³/mol. The lowest BCUT2D eigenvalue weighted by atomic mass is 10.1. The second kappa shape index (κ2) is 8.81. The summed E-state index contributed by atoms with van der Waals surface area (Å²) in [6.45, 7) is 1.18. The molecular weight excluding hydrogens is 476 g/mol. The van der Waals surface area contributed by atoms with E-state index in [2.05, 4.69) is 4.72 Å². The molecule has 2 fully saturated rings. The molecule has 0 bridgehead atoms. The number of benzene rings is 2. The smallest absolute Gasteiger partial charge is 0.265 e. The molecular formula is C22H24ClF2N3O4S. The normalized spacial score (nSPS) is 22.1. The van der Waals surface area contributed by atoms with Gasteiger partial charge in [-0.25, -0.2) is 17.2 Å². The fourth-order valence-corrected chi connectivity index (χ4v) is 5.80. The number of nitrogens with one attached hydrogen (secondary N) is 1. The van der Waals surface area contributed by atoms with Gasteiger partial charge in [0.25, 0.3) is 5.92 Å². The first kappa shape index (κ1) is 23.8. The highest BCUT2D eigenvalue weighted by Gasteiger charge is 2.43. The summed E-state index contributed by atoms with van der Waals surface area (Å²) in [7, 11) is -4.01. The van der Waals surface area contributed by atoms with E-state index in [4.69, 9.17) is 11.6 Å². The first-order valence-electron chi connectivity index (χ1n) is 10.7.